The maximum absolute atomic E-state index is 13.3. The first-order valence-corrected chi connectivity index (χ1v) is 9.37. The molecule has 4 rings (SSSR count). The topological polar surface area (TPSA) is 40.6 Å². The summed E-state index contributed by atoms with van der Waals surface area (Å²) >= 11 is 0. The Kier molecular flexibility index (Phi) is 4.60. The average molecular weight is 348 g/mol. The van der Waals surface area contributed by atoms with E-state index in [-0.39, 0.29) is 17.7 Å². The zero-order chi connectivity index (χ0) is 18.1. The predicted molar refractivity (Wildman–Crippen MR) is 102 cm³/mol. The number of hydrogen-bond donors (Lipinski definition) is 0. The lowest BCUT2D eigenvalue weighted by atomic mass is 9.99. The van der Waals surface area contributed by atoms with Crippen LogP contribution >= 0.6 is 0 Å². The highest BCUT2D eigenvalue weighted by Crippen LogP contribution is 2.30. The van der Waals surface area contributed by atoms with Crippen molar-refractivity contribution in [3.05, 3.63) is 65.2 Å². The molecule has 0 bridgehead atoms. The molecule has 1 atom stereocenters. The van der Waals surface area contributed by atoms with Crippen LogP contribution in [0.4, 0.5) is 5.69 Å². The van der Waals surface area contributed by atoms with Gasteiger partial charge in [-0.3, -0.25) is 14.5 Å². The summed E-state index contributed by atoms with van der Waals surface area (Å²) in [6, 6.07) is 15.9. The van der Waals surface area contributed by atoms with Crippen LogP contribution in [-0.2, 0) is 11.3 Å². The van der Waals surface area contributed by atoms with Gasteiger partial charge in [-0.2, -0.15) is 0 Å². The van der Waals surface area contributed by atoms with E-state index in [4.69, 9.17) is 0 Å². The zero-order valence-corrected chi connectivity index (χ0v) is 15.1. The lowest BCUT2D eigenvalue weighted by Crippen LogP contribution is -2.48. The van der Waals surface area contributed by atoms with Crippen molar-refractivity contribution in [1.29, 1.82) is 0 Å². The highest BCUT2D eigenvalue weighted by molar-refractivity contribution is 6.09. The van der Waals surface area contributed by atoms with Crippen molar-refractivity contribution in [1.82, 2.24) is 4.90 Å². The second kappa shape index (κ2) is 7.04. The highest BCUT2D eigenvalue weighted by Gasteiger charge is 2.36. The van der Waals surface area contributed by atoms with Gasteiger partial charge in [-0.05, 0) is 44.0 Å². The Morgan fingerprint density at radius 1 is 1.12 bits per heavy atom. The average Bonchev–Trinajstić information content (AvgIpc) is 3.10. The Morgan fingerprint density at radius 2 is 1.96 bits per heavy atom. The second-order valence-electron chi connectivity index (χ2n) is 7.30. The number of Topliss-reactive ketones (excluding diaryl/α,β-unsaturated/α-hetero) is 1. The molecule has 1 fully saturated rings. The molecule has 0 spiro atoms. The molecule has 26 heavy (non-hydrogen) atoms. The summed E-state index contributed by atoms with van der Waals surface area (Å²) in [6.07, 6.45) is 2.33. The van der Waals surface area contributed by atoms with Crippen molar-refractivity contribution >= 4 is 17.4 Å². The minimum atomic E-state index is -0.100. The number of aryl methyl sites for hydroxylation is 1. The van der Waals surface area contributed by atoms with E-state index in [1.54, 1.807) is 0 Å². The monoisotopic (exact) mass is 348 g/mol. The summed E-state index contributed by atoms with van der Waals surface area (Å²) in [5.41, 5.74) is 3.94. The van der Waals surface area contributed by atoms with Crippen LogP contribution in [0.2, 0.25) is 0 Å². The molecule has 0 radical (unpaired) electrons. The normalized spacial score (nSPS) is 20.3. The minimum absolute atomic E-state index is 0.100. The van der Waals surface area contributed by atoms with Gasteiger partial charge in [0.1, 0.15) is 0 Å². The Morgan fingerprint density at radius 3 is 2.81 bits per heavy atom. The zero-order valence-electron chi connectivity index (χ0n) is 15.1. The lowest BCUT2D eigenvalue weighted by molar-refractivity contribution is -0.123. The van der Waals surface area contributed by atoms with Gasteiger partial charge in [-0.25, -0.2) is 0 Å². The van der Waals surface area contributed by atoms with Crippen molar-refractivity contribution in [3.63, 3.8) is 0 Å². The molecule has 0 aliphatic carbocycles. The van der Waals surface area contributed by atoms with Gasteiger partial charge in [0.05, 0.1) is 11.7 Å². The second-order valence-corrected chi connectivity index (χ2v) is 7.30. The van der Waals surface area contributed by atoms with E-state index in [0.29, 0.717) is 18.5 Å². The van der Waals surface area contributed by atoms with Gasteiger partial charge in [0.25, 0.3) is 0 Å². The lowest BCUT2D eigenvalue weighted by Gasteiger charge is -2.33. The quantitative estimate of drug-likeness (QED) is 0.851. The van der Waals surface area contributed by atoms with Crippen molar-refractivity contribution in [2.24, 2.45) is 0 Å². The van der Waals surface area contributed by atoms with E-state index in [9.17, 15) is 9.59 Å². The molecule has 2 aliphatic heterocycles. The summed E-state index contributed by atoms with van der Waals surface area (Å²) in [4.78, 5) is 29.6. The number of fused-ring (bicyclic) bond motifs is 1. The number of carbonyl (C=O) groups excluding carboxylic acids is 2. The maximum atomic E-state index is 13.3. The molecule has 2 heterocycles. The molecule has 1 unspecified atom stereocenters. The number of para-hydroxylation sites is 1. The van der Waals surface area contributed by atoms with E-state index in [1.165, 1.54) is 11.1 Å². The SMILES string of the molecule is Cc1cccc(CN2CCCC2C(=O)N2CCC(=O)c3ccccc32)c1. The summed E-state index contributed by atoms with van der Waals surface area (Å²) in [5, 5.41) is 0. The van der Waals surface area contributed by atoms with E-state index in [1.807, 2.05) is 29.2 Å². The number of amides is 1. The number of likely N-dealkylation sites (tertiary alicyclic amines) is 1. The number of rotatable bonds is 3. The van der Waals surface area contributed by atoms with Crippen molar-refractivity contribution in [3.8, 4) is 0 Å². The first-order valence-electron chi connectivity index (χ1n) is 9.37. The van der Waals surface area contributed by atoms with Crippen LogP contribution in [0.3, 0.4) is 0 Å². The van der Waals surface area contributed by atoms with Crippen LogP contribution < -0.4 is 4.90 Å². The number of ketones is 1. The van der Waals surface area contributed by atoms with E-state index in [2.05, 4.69) is 36.1 Å². The first-order chi connectivity index (χ1) is 12.6. The standard InChI is InChI=1S/C22H24N2O2/c1-16-6-4-7-17(14-16)15-23-12-5-10-20(23)22(26)24-13-11-21(25)18-8-2-3-9-19(18)24/h2-4,6-9,14,20H,5,10-13,15H2,1H3. The largest absolute Gasteiger partial charge is 0.310 e. The summed E-state index contributed by atoms with van der Waals surface area (Å²) in [7, 11) is 0. The minimum Gasteiger partial charge on any atom is -0.310 e. The third kappa shape index (κ3) is 3.17. The van der Waals surface area contributed by atoms with Crippen molar-refractivity contribution in [2.75, 3.05) is 18.0 Å². The fraction of sp³-hybridized carbons (Fsp3) is 0.364. The number of benzene rings is 2. The molecule has 0 aromatic heterocycles. The van der Waals surface area contributed by atoms with Crippen molar-refractivity contribution < 1.29 is 9.59 Å². The number of hydrogen-bond acceptors (Lipinski definition) is 3. The predicted octanol–water partition coefficient (Wildman–Crippen LogP) is 3.58. The van der Waals surface area contributed by atoms with Gasteiger partial charge in [0.15, 0.2) is 5.78 Å². The molecule has 2 aliphatic rings. The number of anilines is 1. The number of carbonyl (C=O) groups is 2. The van der Waals surface area contributed by atoms with Gasteiger partial charge in [0, 0.05) is 25.1 Å². The summed E-state index contributed by atoms with van der Waals surface area (Å²) in [5.74, 6) is 0.266. The van der Waals surface area contributed by atoms with Crippen LogP contribution in [0.1, 0.15) is 40.7 Å². The third-order valence-corrected chi connectivity index (χ3v) is 5.44. The van der Waals surface area contributed by atoms with Crippen molar-refractivity contribution in [2.45, 2.75) is 38.8 Å². The molecule has 1 amide bonds. The van der Waals surface area contributed by atoms with Gasteiger partial charge in [-0.15, -0.1) is 0 Å². The Bertz CT molecular complexity index is 846. The molecule has 2 aromatic rings. The smallest absolute Gasteiger partial charge is 0.244 e. The van der Waals surface area contributed by atoms with Crippen LogP contribution in [0.25, 0.3) is 0 Å². The Labute approximate surface area is 154 Å². The highest BCUT2D eigenvalue weighted by atomic mass is 16.2. The summed E-state index contributed by atoms with van der Waals surface area (Å²) in [6.45, 7) is 4.33. The van der Waals surface area contributed by atoms with Crippen LogP contribution in [-0.4, -0.2) is 35.7 Å². The number of nitrogens with zero attached hydrogens (tertiary/aromatic N) is 2. The van der Waals surface area contributed by atoms with E-state index < -0.39 is 0 Å². The molecular weight excluding hydrogens is 324 g/mol. The molecule has 0 saturated carbocycles. The molecular formula is C22H24N2O2. The molecule has 0 N–H and O–H groups in total. The van der Waals surface area contributed by atoms with Gasteiger partial charge >= 0.3 is 0 Å². The fourth-order valence-electron chi connectivity index (χ4n) is 4.16. The van der Waals surface area contributed by atoms with E-state index >= 15 is 0 Å². The molecule has 1 saturated heterocycles. The molecule has 134 valence electrons. The molecule has 4 nitrogen and oxygen atoms in total. The first kappa shape index (κ1) is 17.0. The third-order valence-electron chi connectivity index (χ3n) is 5.44. The van der Waals surface area contributed by atoms with Gasteiger partial charge in [0.2, 0.25) is 5.91 Å². The van der Waals surface area contributed by atoms with Gasteiger partial charge in [-0.1, -0.05) is 42.0 Å². The van der Waals surface area contributed by atoms with Gasteiger partial charge < -0.3 is 4.90 Å². The van der Waals surface area contributed by atoms with E-state index in [0.717, 1.165) is 31.6 Å². The van der Waals surface area contributed by atoms with Crippen LogP contribution in [0, 0.1) is 6.92 Å². The molecule has 2 aromatic carbocycles. The Balaban J connectivity index is 1.56. The Hall–Kier alpha value is -2.46. The molecule has 4 heteroatoms. The van der Waals surface area contributed by atoms with Crippen LogP contribution in [0.5, 0.6) is 0 Å². The fourth-order valence-corrected chi connectivity index (χ4v) is 4.16. The summed E-state index contributed by atoms with van der Waals surface area (Å²) < 4.78 is 0. The maximum Gasteiger partial charge on any atom is 0.244 e. The van der Waals surface area contributed by atoms with Crippen LogP contribution in [0.15, 0.2) is 48.5 Å².